The molecule has 0 aliphatic carbocycles. The van der Waals surface area contributed by atoms with Gasteiger partial charge in [-0.15, -0.1) is 0 Å². The highest BCUT2D eigenvalue weighted by Gasteiger charge is 2.19. The highest BCUT2D eigenvalue weighted by atomic mass is 16.5. The number of rotatable bonds is 4. The number of carbonyl (C=O) groups excluding carboxylic acids is 1. The van der Waals surface area contributed by atoms with Crippen molar-refractivity contribution in [3.63, 3.8) is 0 Å². The molecular formula is C18H16O4. The summed E-state index contributed by atoms with van der Waals surface area (Å²) in [5, 5.41) is 0. The monoisotopic (exact) mass is 296 g/mol. The van der Waals surface area contributed by atoms with Crippen LogP contribution in [0.4, 0.5) is 0 Å². The van der Waals surface area contributed by atoms with Crippen molar-refractivity contribution in [2.45, 2.75) is 13.2 Å². The van der Waals surface area contributed by atoms with Gasteiger partial charge in [0.15, 0.2) is 0 Å². The van der Waals surface area contributed by atoms with Crippen molar-refractivity contribution in [1.82, 2.24) is 0 Å². The fraction of sp³-hybridized carbons (Fsp3) is 0.167. The molecule has 0 fully saturated rings. The Morgan fingerprint density at radius 1 is 1.23 bits per heavy atom. The first-order valence-corrected chi connectivity index (χ1v) is 6.99. The quantitative estimate of drug-likeness (QED) is 0.641. The van der Waals surface area contributed by atoms with Crippen LogP contribution < -0.4 is 4.74 Å². The molecule has 4 heteroatoms. The van der Waals surface area contributed by atoms with Crippen LogP contribution in [0.5, 0.6) is 5.75 Å². The number of hydrogen-bond donors (Lipinski definition) is 0. The maximum absolute atomic E-state index is 11.3. The fourth-order valence-corrected chi connectivity index (χ4v) is 2.28. The third kappa shape index (κ3) is 3.11. The SMILES string of the molecule is COC(=O)/C=C1\OCc2cc(OCc3ccccc3)ccc21. The lowest BCUT2D eigenvalue weighted by Crippen LogP contribution is -1.97. The molecule has 0 saturated heterocycles. The van der Waals surface area contributed by atoms with Gasteiger partial charge in [-0.25, -0.2) is 4.79 Å². The smallest absolute Gasteiger partial charge is 0.334 e. The van der Waals surface area contributed by atoms with Gasteiger partial charge >= 0.3 is 5.97 Å². The summed E-state index contributed by atoms with van der Waals surface area (Å²) in [7, 11) is 1.34. The Hall–Kier alpha value is -2.75. The van der Waals surface area contributed by atoms with Gasteiger partial charge in [0.2, 0.25) is 0 Å². The van der Waals surface area contributed by atoms with Crippen molar-refractivity contribution in [3.05, 3.63) is 71.3 Å². The first-order chi connectivity index (χ1) is 10.8. The number of esters is 1. The van der Waals surface area contributed by atoms with E-state index in [1.165, 1.54) is 13.2 Å². The molecule has 2 aromatic carbocycles. The molecule has 3 rings (SSSR count). The van der Waals surface area contributed by atoms with E-state index >= 15 is 0 Å². The molecule has 0 radical (unpaired) electrons. The minimum Gasteiger partial charge on any atom is -0.489 e. The van der Waals surface area contributed by atoms with Crippen molar-refractivity contribution in [2.75, 3.05) is 7.11 Å². The van der Waals surface area contributed by atoms with E-state index in [1.807, 2.05) is 48.5 Å². The van der Waals surface area contributed by atoms with Crippen LogP contribution in [-0.4, -0.2) is 13.1 Å². The van der Waals surface area contributed by atoms with E-state index in [9.17, 15) is 4.79 Å². The summed E-state index contributed by atoms with van der Waals surface area (Å²) in [5.74, 6) is 0.897. The molecule has 0 amide bonds. The van der Waals surface area contributed by atoms with Gasteiger partial charge < -0.3 is 14.2 Å². The molecule has 0 spiro atoms. The summed E-state index contributed by atoms with van der Waals surface area (Å²) in [4.78, 5) is 11.3. The Labute approximate surface area is 128 Å². The second kappa shape index (κ2) is 6.35. The highest BCUT2D eigenvalue weighted by molar-refractivity contribution is 5.90. The number of ether oxygens (including phenoxy) is 3. The van der Waals surface area contributed by atoms with E-state index in [-0.39, 0.29) is 0 Å². The zero-order valence-electron chi connectivity index (χ0n) is 12.2. The van der Waals surface area contributed by atoms with E-state index in [0.717, 1.165) is 22.4 Å². The highest BCUT2D eigenvalue weighted by Crippen LogP contribution is 2.32. The molecule has 0 aromatic heterocycles. The second-order valence-electron chi connectivity index (χ2n) is 4.91. The molecule has 0 atom stereocenters. The summed E-state index contributed by atoms with van der Waals surface area (Å²) >= 11 is 0. The van der Waals surface area contributed by atoms with Crippen molar-refractivity contribution in [3.8, 4) is 5.75 Å². The maximum atomic E-state index is 11.3. The van der Waals surface area contributed by atoms with Gasteiger partial charge in [0, 0.05) is 11.1 Å². The van der Waals surface area contributed by atoms with E-state index in [1.54, 1.807) is 0 Å². The van der Waals surface area contributed by atoms with E-state index in [4.69, 9.17) is 9.47 Å². The Morgan fingerprint density at radius 3 is 2.82 bits per heavy atom. The summed E-state index contributed by atoms with van der Waals surface area (Å²) in [6.45, 7) is 0.950. The Bertz CT molecular complexity index is 704. The van der Waals surface area contributed by atoms with Crippen LogP contribution in [-0.2, 0) is 27.5 Å². The van der Waals surface area contributed by atoms with Gasteiger partial charge in [-0.1, -0.05) is 30.3 Å². The molecule has 112 valence electrons. The van der Waals surface area contributed by atoms with Crippen molar-refractivity contribution < 1.29 is 19.0 Å². The summed E-state index contributed by atoms with van der Waals surface area (Å²) in [5.41, 5.74) is 3.02. The zero-order valence-corrected chi connectivity index (χ0v) is 12.2. The fourth-order valence-electron chi connectivity index (χ4n) is 2.28. The Kier molecular flexibility index (Phi) is 4.10. The summed E-state index contributed by atoms with van der Waals surface area (Å²) in [6, 6.07) is 15.7. The molecule has 1 aliphatic rings. The molecule has 1 heterocycles. The standard InChI is InChI=1S/C18H16O4/c1-20-18(19)10-17-16-8-7-15(9-14(16)12-22-17)21-11-13-5-3-2-4-6-13/h2-10H,11-12H2,1H3/b17-10-. The van der Waals surface area contributed by atoms with Crippen LogP contribution in [0.1, 0.15) is 16.7 Å². The van der Waals surface area contributed by atoms with Crippen LogP contribution in [0, 0.1) is 0 Å². The largest absolute Gasteiger partial charge is 0.489 e. The van der Waals surface area contributed by atoms with Crippen molar-refractivity contribution in [2.24, 2.45) is 0 Å². The zero-order chi connectivity index (χ0) is 15.4. The second-order valence-corrected chi connectivity index (χ2v) is 4.91. The summed E-state index contributed by atoms with van der Waals surface area (Å²) in [6.07, 6.45) is 1.36. The molecule has 0 N–H and O–H groups in total. The van der Waals surface area contributed by atoms with E-state index in [0.29, 0.717) is 19.0 Å². The average Bonchev–Trinajstić information content (AvgIpc) is 2.96. The normalized spacial score (nSPS) is 14.3. The first kappa shape index (κ1) is 14.2. The van der Waals surface area contributed by atoms with Crippen molar-refractivity contribution >= 4 is 11.7 Å². The van der Waals surface area contributed by atoms with Crippen LogP contribution in [0.3, 0.4) is 0 Å². The van der Waals surface area contributed by atoms with Crippen LogP contribution in [0.25, 0.3) is 5.76 Å². The average molecular weight is 296 g/mol. The summed E-state index contributed by atoms with van der Waals surface area (Å²) < 4.78 is 15.9. The lowest BCUT2D eigenvalue weighted by atomic mass is 10.1. The number of methoxy groups -OCH3 is 1. The predicted molar refractivity (Wildman–Crippen MR) is 82.0 cm³/mol. The molecule has 1 aliphatic heterocycles. The molecule has 0 saturated carbocycles. The predicted octanol–water partition coefficient (Wildman–Crippen LogP) is 3.31. The molecule has 2 aromatic rings. The van der Waals surface area contributed by atoms with Gasteiger partial charge in [0.25, 0.3) is 0 Å². The van der Waals surface area contributed by atoms with Gasteiger partial charge in [0.05, 0.1) is 13.2 Å². The van der Waals surface area contributed by atoms with Crippen LogP contribution >= 0.6 is 0 Å². The van der Waals surface area contributed by atoms with Crippen molar-refractivity contribution in [1.29, 1.82) is 0 Å². The molecule has 4 nitrogen and oxygen atoms in total. The van der Waals surface area contributed by atoms with Gasteiger partial charge in [-0.2, -0.15) is 0 Å². The first-order valence-electron chi connectivity index (χ1n) is 6.99. The van der Waals surface area contributed by atoms with Gasteiger partial charge in [-0.3, -0.25) is 0 Å². The lowest BCUT2D eigenvalue weighted by Gasteiger charge is -2.07. The Balaban J connectivity index is 1.73. The van der Waals surface area contributed by atoms with E-state index < -0.39 is 5.97 Å². The minimum atomic E-state index is -0.424. The molecule has 0 unspecified atom stereocenters. The maximum Gasteiger partial charge on any atom is 0.334 e. The third-order valence-electron chi connectivity index (χ3n) is 3.42. The lowest BCUT2D eigenvalue weighted by molar-refractivity contribution is -0.134. The number of benzene rings is 2. The minimum absolute atomic E-state index is 0.424. The molecule has 0 bridgehead atoms. The van der Waals surface area contributed by atoms with Crippen LogP contribution in [0.2, 0.25) is 0 Å². The topological polar surface area (TPSA) is 44.8 Å². The van der Waals surface area contributed by atoms with Gasteiger partial charge in [0.1, 0.15) is 24.7 Å². The molecular weight excluding hydrogens is 280 g/mol. The Morgan fingerprint density at radius 2 is 2.05 bits per heavy atom. The molecule has 22 heavy (non-hydrogen) atoms. The number of carbonyl (C=O) groups is 1. The number of hydrogen-bond acceptors (Lipinski definition) is 4. The van der Waals surface area contributed by atoms with E-state index in [2.05, 4.69) is 4.74 Å². The number of fused-ring (bicyclic) bond motifs is 1. The third-order valence-corrected chi connectivity index (χ3v) is 3.42. The van der Waals surface area contributed by atoms with Gasteiger partial charge in [-0.05, 0) is 23.8 Å². The van der Waals surface area contributed by atoms with Crippen LogP contribution in [0.15, 0.2) is 54.6 Å².